The fourth-order valence-electron chi connectivity index (χ4n) is 3.82. The van der Waals surface area contributed by atoms with Gasteiger partial charge in [0, 0.05) is 36.2 Å². The number of benzene rings is 1. The van der Waals surface area contributed by atoms with Crippen LogP contribution in [0.25, 0.3) is 11.7 Å². The van der Waals surface area contributed by atoms with Gasteiger partial charge >= 0.3 is 0 Å². The molecule has 33 heavy (non-hydrogen) atoms. The predicted molar refractivity (Wildman–Crippen MR) is 130 cm³/mol. The molecule has 0 aliphatic heterocycles. The number of allylic oxidation sites excluding steroid dienone is 1. The zero-order valence-corrected chi connectivity index (χ0v) is 19.8. The van der Waals surface area contributed by atoms with E-state index in [1.807, 2.05) is 32.1 Å². The molecule has 0 bridgehead atoms. The van der Waals surface area contributed by atoms with Crippen LogP contribution < -0.4 is 11.1 Å². The monoisotopic (exact) mass is 474 g/mol. The number of pyridine rings is 1. The van der Waals surface area contributed by atoms with Crippen molar-refractivity contribution in [2.75, 3.05) is 11.9 Å². The molecule has 0 radical (unpaired) electrons. The lowest BCUT2D eigenvalue weighted by atomic mass is 9.95. The molecule has 0 fully saturated rings. The van der Waals surface area contributed by atoms with Gasteiger partial charge in [0.2, 0.25) is 0 Å². The standard InChI is InChI=1S/C25H29ClF2N4O/c1-4-6-17-13-18(26)14-20(16(17)2)21(33)10-9-19(11-12-29)30-23-7-5-8-24-31-22(15-32(23)24)25(3,27)28/h4-8,13-15,19,30H,9-12,29H2,1-3H3/b6-4-. The fraction of sp³-hybridized carbons (Fsp3) is 0.360. The van der Waals surface area contributed by atoms with E-state index in [-0.39, 0.29) is 17.5 Å². The lowest BCUT2D eigenvalue weighted by molar-refractivity contribution is 0.0133. The Morgan fingerprint density at radius 3 is 2.76 bits per heavy atom. The van der Waals surface area contributed by atoms with E-state index in [0.29, 0.717) is 47.9 Å². The zero-order chi connectivity index (χ0) is 24.2. The minimum absolute atomic E-state index is 0.00155. The predicted octanol–water partition coefficient (Wildman–Crippen LogP) is 6.23. The summed E-state index contributed by atoms with van der Waals surface area (Å²) in [5, 5.41) is 3.88. The molecule has 0 aliphatic carbocycles. The van der Waals surface area contributed by atoms with Crippen molar-refractivity contribution in [1.29, 1.82) is 0 Å². The van der Waals surface area contributed by atoms with E-state index in [4.69, 9.17) is 17.3 Å². The first-order valence-electron chi connectivity index (χ1n) is 10.9. The second kappa shape index (κ2) is 10.4. The van der Waals surface area contributed by atoms with Gasteiger partial charge in [-0.3, -0.25) is 9.20 Å². The van der Waals surface area contributed by atoms with Crippen LogP contribution in [0.2, 0.25) is 5.02 Å². The molecule has 0 spiro atoms. The number of rotatable bonds is 10. The Kier molecular flexibility index (Phi) is 7.87. The highest BCUT2D eigenvalue weighted by Gasteiger charge is 2.28. The summed E-state index contributed by atoms with van der Waals surface area (Å²) in [6, 6.07) is 8.65. The number of hydrogen-bond acceptors (Lipinski definition) is 4. The van der Waals surface area contributed by atoms with E-state index in [9.17, 15) is 13.6 Å². The summed E-state index contributed by atoms with van der Waals surface area (Å²) >= 11 is 6.23. The minimum Gasteiger partial charge on any atom is -0.368 e. The molecule has 1 aromatic carbocycles. The second-order valence-electron chi connectivity index (χ2n) is 8.20. The molecular weight excluding hydrogens is 446 g/mol. The highest BCUT2D eigenvalue weighted by Crippen LogP contribution is 2.28. The number of carbonyl (C=O) groups is 1. The van der Waals surface area contributed by atoms with Crippen molar-refractivity contribution in [3.63, 3.8) is 0 Å². The molecule has 2 heterocycles. The van der Waals surface area contributed by atoms with Gasteiger partial charge in [-0.15, -0.1) is 0 Å². The Bertz CT molecular complexity index is 1170. The maximum absolute atomic E-state index is 13.8. The van der Waals surface area contributed by atoms with Crippen molar-refractivity contribution in [3.8, 4) is 0 Å². The number of hydrogen-bond donors (Lipinski definition) is 2. The number of halogens is 3. The highest BCUT2D eigenvalue weighted by molar-refractivity contribution is 6.31. The smallest absolute Gasteiger partial charge is 0.288 e. The third kappa shape index (κ3) is 5.97. The molecule has 1 unspecified atom stereocenters. The lowest BCUT2D eigenvalue weighted by Crippen LogP contribution is -2.25. The molecule has 3 rings (SSSR count). The number of Topliss-reactive ketones (excluding diaryl/α,β-unsaturated/α-hetero) is 1. The molecule has 0 saturated heterocycles. The Morgan fingerprint density at radius 2 is 2.09 bits per heavy atom. The first-order valence-corrected chi connectivity index (χ1v) is 11.3. The van der Waals surface area contributed by atoms with Crippen LogP contribution in [0.15, 0.2) is 42.6 Å². The Labute approximate surface area is 197 Å². The molecule has 3 aromatic rings. The maximum atomic E-state index is 13.8. The summed E-state index contributed by atoms with van der Waals surface area (Å²) in [6.45, 7) is 5.07. The topological polar surface area (TPSA) is 72.4 Å². The SMILES string of the molecule is C/C=C\c1cc(Cl)cc(C(=O)CCC(CCN)Nc2cccc3nc(C(C)(F)F)cn23)c1C. The van der Waals surface area contributed by atoms with Gasteiger partial charge in [-0.25, -0.2) is 4.98 Å². The van der Waals surface area contributed by atoms with Crippen LogP contribution in [0.4, 0.5) is 14.6 Å². The molecule has 1 atom stereocenters. The first-order chi connectivity index (χ1) is 15.6. The van der Waals surface area contributed by atoms with Gasteiger partial charge in [-0.2, -0.15) is 8.78 Å². The average Bonchev–Trinajstić information content (AvgIpc) is 3.20. The molecule has 176 valence electrons. The molecule has 2 aromatic heterocycles. The molecular formula is C25H29ClF2N4O. The lowest BCUT2D eigenvalue weighted by Gasteiger charge is -2.20. The summed E-state index contributed by atoms with van der Waals surface area (Å²) in [7, 11) is 0. The van der Waals surface area contributed by atoms with E-state index in [0.717, 1.165) is 18.1 Å². The summed E-state index contributed by atoms with van der Waals surface area (Å²) in [5.41, 5.74) is 8.34. The Hall–Kier alpha value is -2.77. The number of carbonyl (C=O) groups excluding carboxylic acids is 1. The van der Waals surface area contributed by atoms with Crippen LogP contribution in [0.5, 0.6) is 0 Å². The van der Waals surface area contributed by atoms with Crippen molar-refractivity contribution >= 4 is 34.9 Å². The molecule has 8 heteroatoms. The number of aromatic nitrogens is 2. The molecule has 5 nitrogen and oxygen atoms in total. The van der Waals surface area contributed by atoms with Crippen LogP contribution in [0, 0.1) is 6.92 Å². The zero-order valence-electron chi connectivity index (χ0n) is 19.0. The molecule has 0 saturated carbocycles. The van der Waals surface area contributed by atoms with Crippen LogP contribution in [-0.2, 0) is 5.92 Å². The van der Waals surface area contributed by atoms with Crippen LogP contribution >= 0.6 is 11.6 Å². The van der Waals surface area contributed by atoms with Gasteiger partial charge in [0.25, 0.3) is 5.92 Å². The van der Waals surface area contributed by atoms with Crippen LogP contribution in [-0.4, -0.2) is 27.8 Å². The van der Waals surface area contributed by atoms with Gasteiger partial charge < -0.3 is 11.1 Å². The summed E-state index contributed by atoms with van der Waals surface area (Å²) in [6.07, 6.45) is 6.62. The van der Waals surface area contributed by atoms with Crippen molar-refractivity contribution in [2.24, 2.45) is 5.73 Å². The van der Waals surface area contributed by atoms with Crippen molar-refractivity contribution in [3.05, 3.63) is 70.0 Å². The van der Waals surface area contributed by atoms with Crippen molar-refractivity contribution in [1.82, 2.24) is 9.38 Å². The van der Waals surface area contributed by atoms with E-state index in [1.54, 1.807) is 28.7 Å². The summed E-state index contributed by atoms with van der Waals surface area (Å²) in [5.74, 6) is -2.42. The Morgan fingerprint density at radius 1 is 1.33 bits per heavy atom. The van der Waals surface area contributed by atoms with Gasteiger partial charge in [0.05, 0.1) is 0 Å². The van der Waals surface area contributed by atoms with Crippen LogP contribution in [0.1, 0.15) is 60.3 Å². The van der Waals surface area contributed by atoms with Gasteiger partial charge in [-0.1, -0.05) is 29.8 Å². The third-order valence-electron chi connectivity index (χ3n) is 5.59. The van der Waals surface area contributed by atoms with E-state index in [2.05, 4.69) is 10.3 Å². The van der Waals surface area contributed by atoms with Crippen molar-refractivity contribution in [2.45, 2.75) is 52.0 Å². The Balaban J connectivity index is 1.79. The number of alkyl halides is 2. The van der Waals surface area contributed by atoms with E-state index in [1.165, 1.54) is 6.20 Å². The third-order valence-corrected chi connectivity index (χ3v) is 5.81. The molecule has 0 amide bonds. The number of imidazole rings is 1. The quantitative estimate of drug-likeness (QED) is 0.341. The largest absolute Gasteiger partial charge is 0.368 e. The number of nitrogens with one attached hydrogen (secondary N) is 1. The number of fused-ring (bicyclic) bond motifs is 1. The van der Waals surface area contributed by atoms with Gasteiger partial charge in [0.15, 0.2) is 5.78 Å². The summed E-state index contributed by atoms with van der Waals surface area (Å²) < 4.78 is 29.1. The second-order valence-corrected chi connectivity index (χ2v) is 8.64. The van der Waals surface area contributed by atoms with Crippen molar-refractivity contribution < 1.29 is 13.6 Å². The average molecular weight is 475 g/mol. The van der Waals surface area contributed by atoms with Gasteiger partial charge in [0.1, 0.15) is 17.2 Å². The number of nitrogens with zero attached hydrogens (tertiary/aromatic N) is 2. The number of anilines is 1. The first kappa shape index (κ1) is 24.9. The normalized spacial score (nSPS) is 13.1. The fourth-order valence-corrected chi connectivity index (χ4v) is 4.05. The number of ketones is 1. The van der Waals surface area contributed by atoms with E-state index >= 15 is 0 Å². The summed E-state index contributed by atoms with van der Waals surface area (Å²) in [4.78, 5) is 17.1. The van der Waals surface area contributed by atoms with Crippen LogP contribution in [0.3, 0.4) is 0 Å². The molecule has 0 aliphatic rings. The number of nitrogens with two attached hydrogens (primary N) is 1. The minimum atomic E-state index is -3.03. The maximum Gasteiger partial charge on any atom is 0.288 e. The molecule has 3 N–H and O–H groups in total. The van der Waals surface area contributed by atoms with E-state index < -0.39 is 5.92 Å². The highest BCUT2D eigenvalue weighted by atomic mass is 35.5. The van der Waals surface area contributed by atoms with Gasteiger partial charge in [-0.05, 0) is 68.6 Å².